The molecule has 2 rings (SSSR count). The average molecular weight is 244 g/mol. The van der Waals surface area contributed by atoms with Gasteiger partial charge in [-0.1, -0.05) is 17.7 Å². The van der Waals surface area contributed by atoms with E-state index in [0.29, 0.717) is 11.5 Å². The van der Waals surface area contributed by atoms with Crippen LogP contribution in [0.25, 0.3) is 0 Å². The van der Waals surface area contributed by atoms with Gasteiger partial charge in [0.15, 0.2) is 5.78 Å². The first-order valence-electron chi connectivity index (χ1n) is 5.61. The summed E-state index contributed by atoms with van der Waals surface area (Å²) >= 11 is 0. The van der Waals surface area contributed by atoms with Gasteiger partial charge < -0.3 is 4.74 Å². The zero-order chi connectivity index (χ0) is 13.1. The van der Waals surface area contributed by atoms with Gasteiger partial charge in [0.05, 0.1) is 5.56 Å². The van der Waals surface area contributed by atoms with Crippen molar-refractivity contribution in [3.63, 3.8) is 0 Å². The topological polar surface area (TPSA) is 26.3 Å². The van der Waals surface area contributed by atoms with Crippen molar-refractivity contribution in [1.29, 1.82) is 0 Å². The van der Waals surface area contributed by atoms with Gasteiger partial charge >= 0.3 is 0 Å². The van der Waals surface area contributed by atoms with Crippen molar-refractivity contribution in [3.05, 3.63) is 59.4 Å². The highest BCUT2D eigenvalue weighted by molar-refractivity contribution is 5.96. The second-order valence-electron chi connectivity index (χ2n) is 4.11. The number of ether oxygens (including phenoxy) is 1. The maximum Gasteiger partial charge on any atom is 0.163 e. The van der Waals surface area contributed by atoms with E-state index in [0.717, 1.165) is 5.56 Å². The van der Waals surface area contributed by atoms with Gasteiger partial charge in [-0.2, -0.15) is 0 Å². The molecule has 92 valence electrons. The predicted octanol–water partition coefficient (Wildman–Crippen LogP) is 4.13. The lowest BCUT2D eigenvalue weighted by molar-refractivity contribution is 0.101. The summed E-state index contributed by atoms with van der Waals surface area (Å²) in [5.74, 6) is 0.315. The van der Waals surface area contributed by atoms with Gasteiger partial charge in [-0.3, -0.25) is 4.79 Å². The Hall–Kier alpha value is -2.16. The van der Waals surface area contributed by atoms with Gasteiger partial charge in [-0.05, 0) is 44.2 Å². The molecular weight excluding hydrogens is 231 g/mol. The SMILES string of the molecule is CC(=O)c1cc(F)ccc1Oc1ccc(C)cc1. The van der Waals surface area contributed by atoms with Crippen molar-refractivity contribution >= 4 is 5.78 Å². The summed E-state index contributed by atoms with van der Waals surface area (Å²) in [6, 6.07) is 11.4. The molecule has 18 heavy (non-hydrogen) atoms. The molecule has 0 amide bonds. The molecule has 0 fully saturated rings. The Morgan fingerprint density at radius 1 is 1.11 bits per heavy atom. The summed E-state index contributed by atoms with van der Waals surface area (Å²) < 4.78 is 18.7. The van der Waals surface area contributed by atoms with Gasteiger partial charge in [-0.25, -0.2) is 4.39 Å². The number of halogens is 1. The molecule has 0 unspecified atom stereocenters. The fraction of sp³-hybridized carbons (Fsp3) is 0.133. The lowest BCUT2D eigenvalue weighted by atomic mass is 10.1. The highest BCUT2D eigenvalue weighted by Crippen LogP contribution is 2.26. The van der Waals surface area contributed by atoms with Crippen LogP contribution in [-0.4, -0.2) is 5.78 Å². The molecule has 0 saturated carbocycles. The first-order valence-corrected chi connectivity index (χ1v) is 5.61. The molecule has 0 radical (unpaired) electrons. The molecule has 2 nitrogen and oxygen atoms in total. The number of aryl methyl sites for hydroxylation is 1. The smallest absolute Gasteiger partial charge is 0.163 e. The van der Waals surface area contributed by atoms with Crippen LogP contribution < -0.4 is 4.74 Å². The van der Waals surface area contributed by atoms with E-state index in [4.69, 9.17) is 4.74 Å². The minimum atomic E-state index is -0.448. The summed E-state index contributed by atoms with van der Waals surface area (Å²) in [6.07, 6.45) is 0. The fourth-order valence-corrected chi connectivity index (χ4v) is 1.60. The number of hydrogen-bond donors (Lipinski definition) is 0. The Kier molecular flexibility index (Phi) is 3.42. The fourth-order valence-electron chi connectivity index (χ4n) is 1.60. The van der Waals surface area contributed by atoms with Crippen LogP contribution in [0.3, 0.4) is 0 Å². The average Bonchev–Trinajstić information content (AvgIpc) is 2.34. The molecule has 0 aromatic heterocycles. The quantitative estimate of drug-likeness (QED) is 0.759. The highest BCUT2D eigenvalue weighted by Gasteiger charge is 2.10. The normalized spacial score (nSPS) is 10.2. The molecule has 0 bridgehead atoms. The molecular formula is C15H13FO2. The monoisotopic (exact) mass is 244 g/mol. The molecule has 2 aromatic rings. The van der Waals surface area contributed by atoms with Gasteiger partial charge in [-0.15, -0.1) is 0 Å². The van der Waals surface area contributed by atoms with Crippen molar-refractivity contribution in [2.45, 2.75) is 13.8 Å². The van der Waals surface area contributed by atoms with E-state index in [1.54, 1.807) is 0 Å². The standard InChI is InChI=1S/C15H13FO2/c1-10-3-6-13(7-4-10)18-15-8-5-12(16)9-14(15)11(2)17/h3-9H,1-2H3. The molecule has 0 atom stereocenters. The maximum atomic E-state index is 13.1. The molecule has 3 heteroatoms. The van der Waals surface area contributed by atoms with Crippen molar-refractivity contribution in [1.82, 2.24) is 0 Å². The van der Waals surface area contributed by atoms with E-state index < -0.39 is 5.82 Å². The van der Waals surface area contributed by atoms with Crippen LogP contribution in [0.15, 0.2) is 42.5 Å². The first kappa shape index (κ1) is 12.3. The third-order valence-electron chi connectivity index (χ3n) is 2.57. The Labute approximate surface area is 105 Å². The number of ketones is 1. The summed E-state index contributed by atoms with van der Waals surface area (Å²) in [5.41, 5.74) is 1.36. The number of rotatable bonds is 3. The van der Waals surface area contributed by atoms with Crippen LogP contribution in [0.2, 0.25) is 0 Å². The lowest BCUT2D eigenvalue weighted by Crippen LogP contribution is -1.98. The molecule has 0 aliphatic heterocycles. The molecule has 0 spiro atoms. The van der Waals surface area contributed by atoms with E-state index >= 15 is 0 Å². The van der Waals surface area contributed by atoms with E-state index in [-0.39, 0.29) is 11.3 Å². The van der Waals surface area contributed by atoms with Crippen LogP contribution in [0.1, 0.15) is 22.8 Å². The Morgan fingerprint density at radius 3 is 2.39 bits per heavy atom. The third-order valence-corrected chi connectivity index (χ3v) is 2.57. The van der Waals surface area contributed by atoms with Crippen LogP contribution in [0.5, 0.6) is 11.5 Å². The summed E-state index contributed by atoms with van der Waals surface area (Å²) in [5, 5.41) is 0. The number of carbonyl (C=O) groups is 1. The predicted molar refractivity (Wildman–Crippen MR) is 67.7 cm³/mol. The van der Waals surface area contributed by atoms with Crippen molar-refractivity contribution in [3.8, 4) is 11.5 Å². The minimum absolute atomic E-state index is 0.225. The minimum Gasteiger partial charge on any atom is -0.457 e. The van der Waals surface area contributed by atoms with Gasteiger partial charge in [0.2, 0.25) is 0 Å². The zero-order valence-electron chi connectivity index (χ0n) is 10.2. The van der Waals surface area contributed by atoms with Crippen LogP contribution in [0, 0.1) is 12.7 Å². The second kappa shape index (κ2) is 5.00. The van der Waals surface area contributed by atoms with Crippen molar-refractivity contribution < 1.29 is 13.9 Å². The molecule has 0 heterocycles. The Balaban J connectivity index is 2.34. The van der Waals surface area contributed by atoms with Crippen LogP contribution in [0.4, 0.5) is 4.39 Å². The first-order chi connectivity index (χ1) is 8.56. The largest absolute Gasteiger partial charge is 0.457 e. The molecule has 2 aromatic carbocycles. The van der Waals surface area contributed by atoms with E-state index in [9.17, 15) is 9.18 Å². The van der Waals surface area contributed by atoms with Crippen molar-refractivity contribution in [2.24, 2.45) is 0 Å². The zero-order valence-corrected chi connectivity index (χ0v) is 10.2. The van der Waals surface area contributed by atoms with Gasteiger partial charge in [0.25, 0.3) is 0 Å². The summed E-state index contributed by atoms with van der Waals surface area (Å²) in [6.45, 7) is 3.36. The molecule has 0 aliphatic rings. The van der Waals surface area contributed by atoms with Crippen LogP contribution in [-0.2, 0) is 0 Å². The second-order valence-corrected chi connectivity index (χ2v) is 4.11. The van der Waals surface area contributed by atoms with Gasteiger partial charge in [0.1, 0.15) is 17.3 Å². The van der Waals surface area contributed by atoms with Gasteiger partial charge in [0, 0.05) is 0 Å². The highest BCUT2D eigenvalue weighted by atomic mass is 19.1. The Bertz CT molecular complexity index is 574. The maximum absolute atomic E-state index is 13.1. The summed E-state index contributed by atoms with van der Waals surface area (Å²) in [7, 11) is 0. The number of benzene rings is 2. The van der Waals surface area contributed by atoms with E-state index in [1.165, 1.54) is 25.1 Å². The number of carbonyl (C=O) groups excluding carboxylic acids is 1. The van der Waals surface area contributed by atoms with Crippen molar-refractivity contribution in [2.75, 3.05) is 0 Å². The summed E-state index contributed by atoms with van der Waals surface area (Å²) in [4.78, 5) is 11.4. The lowest BCUT2D eigenvalue weighted by Gasteiger charge is -2.09. The number of Topliss-reactive ketones (excluding diaryl/α,β-unsaturated/α-hetero) is 1. The molecule has 0 N–H and O–H groups in total. The van der Waals surface area contributed by atoms with E-state index in [2.05, 4.69) is 0 Å². The van der Waals surface area contributed by atoms with Crippen LogP contribution >= 0.6 is 0 Å². The molecule has 0 saturated heterocycles. The Morgan fingerprint density at radius 2 is 1.78 bits per heavy atom. The molecule has 0 aliphatic carbocycles. The number of hydrogen-bond acceptors (Lipinski definition) is 2. The third kappa shape index (κ3) is 2.74. The van der Waals surface area contributed by atoms with E-state index in [1.807, 2.05) is 31.2 Å².